The fraction of sp³-hybridized carbons (Fsp3) is 0.959. The Kier molecular flexibility index (Phi) is 39.3. The number of nitrogens with zero attached hydrogens (tertiary/aromatic N) is 1. The van der Waals surface area contributed by atoms with Crippen molar-refractivity contribution < 1.29 is 19.1 Å². The maximum atomic E-state index is 12.8. The summed E-state index contributed by atoms with van der Waals surface area (Å²) in [5.41, 5.74) is -0.281. The topological polar surface area (TPSA) is 55.8 Å². The van der Waals surface area contributed by atoms with Crippen LogP contribution >= 0.6 is 0 Å². The summed E-state index contributed by atoms with van der Waals surface area (Å²) in [5.74, 6) is 0.0528. The fourth-order valence-electron chi connectivity index (χ4n) is 8.09. The minimum Gasteiger partial charge on any atom is -0.462 e. The summed E-state index contributed by atoms with van der Waals surface area (Å²) in [6.45, 7) is 17.0. The van der Waals surface area contributed by atoms with E-state index in [9.17, 15) is 9.59 Å². The van der Waals surface area contributed by atoms with Crippen molar-refractivity contribution in [3.63, 3.8) is 0 Å². The van der Waals surface area contributed by atoms with Gasteiger partial charge in [-0.15, -0.1) is 0 Å². The van der Waals surface area contributed by atoms with E-state index in [1.807, 2.05) is 0 Å². The van der Waals surface area contributed by atoms with Gasteiger partial charge in [-0.1, -0.05) is 176 Å². The molecule has 0 fully saturated rings. The molecular formula is C49H97NO4. The molecule has 5 nitrogen and oxygen atoms in total. The van der Waals surface area contributed by atoms with E-state index < -0.39 is 0 Å². The SMILES string of the molecule is CCCCCCCCC(CCCCCCCC)OC(=O)CCCCCCCN(CCC)CCCCCCCC(=O)OC(C)(CCC)CCCCCCCC. The summed E-state index contributed by atoms with van der Waals surface area (Å²) in [6.07, 6.45) is 42.4. The molecule has 0 heterocycles. The van der Waals surface area contributed by atoms with Crippen LogP contribution in [0.2, 0.25) is 0 Å². The van der Waals surface area contributed by atoms with Crippen LogP contribution in [0.25, 0.3) is 0 Å². The Morgan fingerprint density at radius 2 is 0.833 bits per heavy atom. The van der Waals surface area contributed by atoms with Gasteiger partial charge in [0, 0.05) is 12.8 Å². The minimum atomic E-state index is -0.281. The number of esters is 2. The highest BCUT2D eigenvalue weighted by atomic mass is 16.6. The Bertz CT molecular complexity index is 787. The van der Waals surface area contributed by atoms with Crippen molar-refractivity contribution in [3.8, 4) is 0 Å². The van der Waals surface area contributed by atoms with Crippen LogP contribution in [0.3, 0.4) is 0 Å². The van der Waals surface area contributed by atoms with Crippen LogP contribution in [0.4, 0.5) is 0 Å². The number of rotatable bonds is 43. The van der Waals surface area contributed by atoms with Crippen molar-refractivity contribution in [3.05, 3.63) is 0 Å². The molecule has 0 saturated carbocycles. The van der Waals surface area contributed by atoms with Crippen molar-refractivity contribution in [2.75, 3.05) is 19.6 Å². The van der Waals surface area contributed by atoms with Gasteiger partial charge in [0.25, 0.3) is 0 Å². The fourth-order valence-corrected chi connectivity index (χ4v) is 8.09. The molecule has 0 spiro atoms. The van der Waals surface area contributed by atoms with E-state index >= 15 is 0 Å². The molecule has 1 unspecified atom stereocenters. The molecule has 0 aromatic heterocycles. The molecule has 0 aromatic carbocycles. The van der Waals surface area contributed by atoms with Crippen molar-refractivity contribution in [1.82, 2.24) is 4.90 Å². The Morgan fingerprint density at radius 3 is 1.30 bits per heavy atom. The normalized spacial score (nSPS) is 12.8. The number of carbonyl (C=O) groups is 2. The predicted molar refractivity (Wildman–Crippen MR) is 235 cm³/mol. The van der Waals surface area contributed by atoms with E-state index in [2.05, 4.69) is 46.4 Å². The summed E-state index contributed by atoms with van der Waals surface area (Å²) in [5, 5.41) is 0. The van der Waals surface area contributed by atoms with Crippen molar-refractivity contribution >= 4 is 11.9 Å². The van der Waals surface area contributed by atoms with Gasteiger partial charge in [0.2, 0.25) is 0 Å². The van der Waals surface area contributed by atoms with Crippen LogP contribution in [0.1, 0.15) is 273 Å². The van der Waals surface area contributed by atoms with Crippen LogP contribution in [0.15, 0.2) is 0 Å². The molecule has 0 aliphatic carbocycles. The van der Waals surface area contributed by atoms with Crippen molar-refractivity contribution in [2.45, 2.75) is 284 Å². The number of ether oxygens (including phenoxy) is 2. The van der Waals surface area contributed by atoms with Gasteiger partial charge in [-0.2, -0.15) is 0 Å². The van der Waals surface area contributed by atoms with Gasteiger partial charge < -0.3 is 14.4 Å². The molecule has 0 bridgehead atoms. The predicted octanol–water partition coefficient (Wildman–Crippen LogP) is 15.6. The molecule has 0 amide bonds. The summed E-state index contributed by atoms with van der Waals surface area (Å²) < 4.78 is 12.1. The summed E-state index contributed by atoms with van der Waals surface area (Å²) in [4.78, 5) is 28.1. The van der Waals surface area contributed by atoms with Gasteiger partial charge in [0.1, 0.15) is 11.7 Å². The third kappa shape index (κ3) is 35.3. The smallest absolute Gasteiger partial charge is 0.306 e. The zero-order valence-corrected chi connectivity index (χ0v) is 37.7. The monoisotopic (exact) mass is 764 g/mol. The Labute approximate surface area is 339 Å². The summed E-state index contributed by atoms with van der Waals surface area (Å²) in [7, 11) is 0. The average Bonchev–Trinajstić information content (AvgIpc) is 3.14. The minimum absolute atomic E-state index is 0.0113. The van der Waals surface area contributed by atoms with Gasteiger partial charge in [-0.25, -0.2) is 0 Å². The highest BCUT2D eigenvalue weighted by Gasteiger charge is 2.27. The van der Waals surface area contributed by atoms with Crippen LogP contribution in [0, 0.1) is 0 Å². The summed E-state index contributed by atoms with van der Waals surface area (Å²) in [6, 6.07) is 0. The maximum Gasteiger partial charge on any atom is 0.306 e. The summed E-state index contributed by atoms with van der Waals surface area (Å²) >= 11 is 0. The lowest BCUT2D eigenvalue weighted by atomic mass is 9.92. The highest BCUT2D eigenvalue weighted by Crippen LogP contribution is 2.27. The Balaban J connectivity index is 4.15. The first kappa shape index (κ1) is 52.9. The molecule has 54 heavy (non-hydrogen) atoms. The molecule has 5 heteroatoms. The molecule has 1 atom stereocenters. The second-order valence-electron chi connectivity index (χ2n) is 17.3. The standard InChI is InChI=1S/C49H97NO4/c1-7-12-15-18-23-30-37-46(38-31-24-19-16-13-8-2)53-47(51)39-32-25-21-28-35-44-50(43-11-5)45-36-29-22-26-33-40-48(52)54-49(6,41-10-4)42-34-27-20-17-14-9-3/h46H,7-45H2,1-6H3. The number of hydrogen-bond acceptors (Lipinski definition) is 5. The maximum absolute atomic E-state index is 12.8. The lowest BCUT2D eigenvalue weighted by molar-refractivity contribution is -0.160. The van der Waals surface area contributed by atoms with Gasteiger partial charge >= 0.3 is 11.9 Å². The number of carbonyl (C=O) groups excluding carboxylic acids is 2. The first-order valence-electron chi connectivity index (χ1n) is 24.5. The van der Waals surface area contributed by atoms with E-state index in [4.69, 9.17) is 9.47 Å². The first-order valence-corrected chi connectivity index (χ1v) is 24.5. The zero-order valence-electron chi connectivity index (χ0n) is 37.7. The molecule has 0 aromatic rings. The van der Waals surface area contributed by atoms with E-state index in [-0.39, 0.29) is 23.6 Å². The third-order valence-corrected chi connectivity index (χ3v) is 11.5. The van der Waals surface area contributed by atoms with Crippen molar-refractivity contribution in [1.29, 1.82) is 0 Å². The second kappa shape index (κ2) is 40.1. The number of hydrogen-bond donors (Lipinski definition) is 0. The lowest BCUT2D eigenvalue weighted by Crippen LogP contribution is -2.31. The first-order chi connectivity index (χ1) is 26.3. The van der Waals surface area contributed by atoms with Gasteiger partial charge in [0.05, 0.1) is 0 Å². The van der Waals surface area contributed by atoms with Crippen LogP contribution in [-0.2, 0) is 19.1 Å². The molecule has 0 radical (unpaired) electrons. The van der Waals surface area contributed by atoms with E-state index in [0.29, 0.717) is 12.8 Å². The van der Waals surface area contributed by atoms with Gasteiger partial charge in [0.15, 0.2) is 0 Å². The average molecular weight is 764 g/mol. The van der Waals surface area contributed by atoms with Crippen LogP contribution in [0.5, 0.6) is 0 Å². The molecular weight excluding hydrogens is 667 g/mol. The lowest BCUT2D eigenvalue weighted by Gasteiger charge is -2.29. The van der Waals surface area contributed by atoms with E-state index in [1.54, 1.807) is 0 Å². The molecule has 0 aliphatic rings. The van der Waals surface area contributed by atoms with E-state index in [1.165, 1.54) is 180 Å². The van der Waals surface area contributed by atoms with E-state index in [0.717, 1.165) is 57.8 Å². The second-order valence-corrected chi connectivity index (χ2v) is 17.3. The van der Waals surface area contributed by atoms with Gasteiger partial charge in [-0.05, 0) is 104 Å². The molecule has 0 rings (SSSR count). The molecule has 0 N–H and O–H groups in total. The third-order valence-electron chi connectivity index (χ3n) is 11.5. The quantitative estimate of drug-likeness (QED) is 0.0457. The number of unbranched alkanes of at least 4 members (excludes halogenated alkanes) is 23. The van der Waals surface area contributed by atoms with Crippen LogP contribution < -0.4 is 0 Å². The van der Waals surface area contributed by atoms with Crippen LogP contribution in [-0.4, -0.2) is 48.2 Å². The largest absolute Gasteiger partial charge is 0.462 e. The molecule has 0 aliphatic heterocycles. The zero-order chi connectivity index (χ0) is 39.8. The molecule has 322 valence electrons. The Morgan fingerprint density at radius 1 is 0.426 bits per heavy atom. The van der Waals surface area contributed by atoms with Gasteiger partial charge in [-0.3, -0.25) is 9.59 Å². The Hall–Kier alpha value is -1.10. The highest BCUT2D eigenvalue weighted by molar-refractivity contribution is 5.70. The van der Waals surface area contributed by atoms with Crippen molar-refractivity contribution in [2.24, 2.45) is 0 Å². The molecule has 0 saturated heterocycles.